The van der Waals surface area contributed by atoms with Crippen LogP contribution < -0.4 is 19.7 Å². The van der Waals surface area contributed by atoms with E-state index in [-0.39, 0.29) is 11.9 Å². The smallest absolute Gasteiger partial charge is 0.244 e. The number of methoxy groups -OCH3 is 2. The average Bonchev–Trinajstić information content (AvgIpc) is 3.33. The number of piperidine rings is 1. The fourth-order valence-electron chi connectivity index (χ4n) is 2.81. The van der Waals surface area contributed by atoms with Crippen LogP contribution in [0, 0.1) is 0 Å². The highest BCUT2D eigenvalue weighted by molar-refractivity contribution is 5.98. The Balaban J connectivity index is 1.79. The minimum atomic E-state index is -0.0423. The maximum atomic E-state index is 12.6. The summed E-state index contributed by atoms with van der Waals surface area (Å²) in [6.45, 7) is 0.761. The second-order valence-corrected chi connectivity index (χ2v) is 5.66. The number of hydrogen-bond acceptors (Lipinski definition) is 4. The van der Waals surface area contributed by atoms with Crippen LogP contribution in [0.1, 0.15) is 25.7 Å². The molecule has 1 aromatic rings. The predicted octanol–water partition coefficient (Wildman–Crippen LogP) is 1.95. The highest BCUT2D eigenvalue weighted by Crippen LogP contribution is 2.33. The van der Waals surface area contributed by atoms with Gasteiger partial charge in [0.15, 0.2) is 11.5 Å². The van der Waals surface area contributed by atoms with Crippen molar-refractivity contribution < 1.29 is 14.3 Å². The summed E-state index contributed by atoms with van der Waals surface area (Å²) < 4.78 is 10.6. The zero-order chi connectivity index (χ0) is 14.8. The van der Waals surface area contributed by atoms with Crippen LogP contribution in [0.3, 0.4) is 0 Å². The van der Waals surface area contributed by atoms with Crippen LogP contribution in [0.2, 0.25) is 0 Å². The topological polar surface area (TPSA) is 50.8 Å². The molecule has 0 bridgehead atoms. The van der Waals surface area contributed by atoms with E-state index in [1.54, 1.807) is 14.2 Å². The fourth-order valence-corrected chi connectivity index (χ4v) is 2.81. The number of carbonyl (C=O) groups is 1. The molecule has 1 N–H and O–H groups in total. The van der Waals surface area contributed by atoms with E-state index in [1.807, 2.05) is 23.1 Å². The second-order valence-electron chi connectivity index (χ2n) is 5.66. The molecule has 1 saturated carbocycles. The number of benzene rings is 1. The number of amides is 1. The van der Waals surface area contributed by atoms with Gasteiger partial charge in [-0.05, 0) is 37.8 Å². The minimum Gasteiger partial charge on any atom is -0.493 e. The Bertz CT molecular complexity index is 528. The molecule has 1 aliphatic heterocycles. The lowest BCUT2D eigenvalue weighted by molar-refractivity contribution is -0.121. The Kier molecular flexibility index (Phi) is 4.01. The first-order valence-corrected chi connectivity index (χ1v) is 7.52. The maximum absolute atomic E-state index is 12.6. The van der Waals surface area contributed by atoms with Crippen LogP contribution in [-0.2, 0) is 4.79 Å². The maximum Gasteiger partial charge on any atom is 0.244 e. The summed E-state index contributed by atoms with van der Waals surface area (Å²) in [6, 6.07) is 6.14. The van der Waals surface area contributed by atoms with Crippen molar-refractivity contribution in [1.82, 2.24) is 5.32 Å². The Morgan fingerprint density at radius 3 is 2.57 bits per heavy atom. The Morgan fingerprint density at radius 2 is 1.90 bits per heavy atom. The number of ether oxygens (including phenoxy) is 2. The lowest BCUT2D eigenvalue weighted by Gasteiger charge is -2.33. The standard InChI is InChI=1S/C16H22N2O3/c1-20-14-8-7-12(10-15(14)21-2)18-9-3-4-13(16(18)19)17-11-5-6-11/h7-8,10-11,13,17H,3-6,9H2,1-2H3. The third kappa shape index (κ3) is 2.97. The molecular formula is C16H22N2O3. The van der Waals surface area contributed by atoms with Crippen LogP contribution in [0.25, 0.3) is 0 Å². The quantitative estimate of drug-likeness (QED) is 0.900. The summed E-state index contributed by atoms with van der Waals surface area (Å²) in [5, 5.41) is 3.45. The number of anilines is 1. The van der Waals surface area contributed by atoms with E-state index in [0.29, 0.717) is 17.5 Å². The zero-order valence-electron chi connectivity index (χ0n) is 12.6. The summed E-state index contributed by atoms with van der Waals surface area (Å²) >= 11 is 0. The van der Waals surface area contributed by atoms with Gasteiger partial charge < -0.3 is 19.7 Å². The van der Waals surface area contributed by atoms with Crippen LogP contribution in [0.4, 0.5) is 5.69 Å². The van der Waals surface area contributed by atoms with E-state index < -0.39 is 0 Å². The lowest BCUT2D eigenvalue weighted by atomic mass is 10.0. The largest absolute Gasteiger partial charge is 0.493 e. The summed E-state index contributed by atoms with van der Waals surface area (Å²) in [7, 11) is 3.22. The van der Waals surface area contributed by atoms with E-state index in [9.17, 15) is 4.79 Å². The van der Waals surface area contributed by atoms with E-state index >= 15 is 0 Å². The number of hydrogen-bond donors (Lipinski definition) is 1. The monoisotopic (exact) mass is 290 g/mol. The lowest BCUT2D eigenvalue weighted by Crippen LogP contribution is -2.51. The molecule has 2 fully saturated rings. The summed E-state index contributed by atoms with van der Waals surface area (Å²) in [4.78, 5) is 14.5. The van der Waals surface area contributed by atoms with Gasteiger partial charge in [-0.1, -0.05) is 0 Å². The highest BCUT2D eigenvalue weighted by Gasteiger charge is 2.34. The van der Waals surface area contributed by atoms with Gasteiger partial charge >= 0.3 is 0 Å². The van der Waals surface area contributed by atoms with E-state index in [1.165, 1.54) is 12.8 Å². The number of nitrogens with one attached hydrogen (secondary N) is 1. The molecule has 3 rings (SSSR count). The van der Waals surface area contributed by atoms with Gasteiger partial charge in [0.05, 0.1) is 20.3 Å². The molecule has 114 valence electrons. The van der Waals surface area contributed by atoms with Crippen molar-refractivity contribution in [2.45, 2.75) is 37.8 Å². The molecule has 21 heavy (non-hydrogen) atoms. The predicted molar refractivity (Wildman–Crippen MR) is 81.1 cm³/mol. The fraction of sp³-hybridized carbons (Fsp3) is 0.562. The molecule has 0 spiro atoms. The number of nitrogens with zero attached hydrogens (tertiary/aromatic N) is 1. The molecule has 0 aromatic heterocycles. The first kappa shape index (κ1) is 14.2. The van der Waals surface area contributed by atoms with Crippen molar-refractivity contribution in [3.05, 3.63) is 18.2 Å². The molecular weight excluding hydrogens is 268 g/mol. The third-order valence-electron chi connectivity index (χ3n) is 4.13. The summed E-state index contributed by atoms with van der Waals surface area (Å²) in [5.74, 6) is 1.50. The molecule has 1 saturated heterocycles. The van der Waals surface area contributed by atoms with Crippen LogP contribution in [-0.4, -0.2) is 38.8 Å². The van der Waals surface area contributed by atoms with Crippen molar-refractivity contribution in [3.63, 3.8) is 0 Å². The Labute approximate surface area is 125 Å². The van der Waals surface area contributed by atoms with E-state index in [0.717, 1.165) is 25.1 Å². The molecule has 1 amide bonds. The van der Waals surface area contributed by atoms with Gasteiger partial charge in [0.25, 0.3) is 0 Å². The summed E-state index contributed by atoms with van der Waals surface area (Å²) in [5.41, 5.74) is 0.875. The van der Waals surface area contributed by atoms with Crippen molar-refractivity contribution in [3.8, 4) is 11.5 Å². The molecule has 2 aliphatic rings. The molecule has 1 aliphatic carbocycles. The third-order valence-corrected chi connectivity index (χ3v) is 4.13. The first-order valence-electron chi connectivity index (χ1n) is 7.52. The van der Waals surface area contributed by atoms with Crippen molar-refractivity contribution in [1.29, 1.82) is 0 Å². The summed E-state index contributed by atoms with van der Waals surface area (Å²) in [6.07, 6.45) is 4.34. The number of rotatable bonds is 5. The van der Waals surface area contributed by atoms with Gasteiger partial charge in [-0.3, -0.25) is 4.79 Å². The van der Waals surface area contributed by atoms with Gasteiger partial charge in [-0.2, -0.15) is 0 Å². The van der Waals surface area contributed by atoms with E-state index in [2.05, 4.69) is 5.32 Å². The molecule has 1 aromatic carbocycles. The first-order chi connectivity index (χ1) is 10.2. The Hall–Kier alpha value is -1.75. The van der Waals surface area contributed by atoms with E-state index in [4.69, 9.17) is 9.47 Å². The van der Waals surface area contributed by atoms with Gasteiger partial charge in [-0.15, -0.1) is 0 Å². The zero-order valence-corrected chi connectivity index (χ0v) is 12.6. The molecule has 5 heteroatoms. The van der Waals surface area contributed by atoms with Crippen molar-refractivity contribution in [2.24, 2.45) is 0 Å². The van der Waals surface area contributed by atoms with Gasteiger partial charge in [-0.25, -0.2) is 0 Å². The SMILES string of the molecule is COc1ccc(N2CCCC(NC3CC3)C2=O)cc1OC. The molecule has 5 nitrogen and oxygen atoms in total. The molecule has 1 atom stereocenters. The second kappa shape index (κ2) is 5.93. The van der Waals surface area contributed by atoms with Gasteiger partial charge in [0, 0.05) is 24.3 Å². The molecule has 0 radical (unpaired) electrons. The van der Waals surface area contributed by atoms with Crippen LogP contribution in [0.15, 0.2) is 18.2 Å². The minimum absolute atomic E-state index is 0.0423. The normalized spacial score (nSPS) is 22.3. The van der Waals surface area contributed by atoms with Crippen LogP contribution >= 0.6 is 0 Å². The highest BCUT2D eigenvalue weighted by atomic mass is 16.5. The van der Waals surface area contributed by atoms with Crippen molar-refractivity contribution >= 4 is 11.6 Å². The molecule has 1 unspecified atom stereocenters. The van der Waals surface area contributed by atoms with Crippen LogP contribution in [0.5, 0.6) is 11.5 Å². The molecule has 1 heterocycles. The Morgan fingerprint density at radius 1 is 1.14 bits per heavy atom. The van der Waals surface area contributed by atoms with Gasteiger partial charge in [0.1, 0.15) is 0 Å². The van der Waals surface area contributed by atoms with Crippen molar-refractivity contribution in [2.75, 3.05) is 25.7 Å². The average molecular weight is 290 g/mol. The number of carbonyl (C=O) groups excluding carboxylic acids is 1. The van der Waals surface area contributed by atoms with Gasteiger partial charge in [0.2, 0.25) is 5.91 Å².